The molecule has 1 aliphatic carbocycles. The van der Waals surface area contributed by atoms with Crippen LogP contribution in [0.4, 0.5) is 0 Å². The van der Waals surface area contributed by atoms with Crippen LogP contribution in [0, 0.1) is 0 Å². The van der Waals surface area contributed by atoms with Gasteiger partial charge in [0.05, 0.1) is 18.7 Å². The lowest BCUT2D eigenvalue weighted by molar-refractivity contribution is -0.136. The Kier molecular flexibility index (Phi) is 3.24. The molecule has 1 fully saturated rings. The van der Waals surface area contributed by atoms with Crippen LogP contribution in [0.25, 0.3) is 0 Å². The van der Waals surface area contributed by atoms with Crippen LogP contribution in [0.3, 0.4) is 0 Å². The minimum atomic E-state index is -0.826. The number of aliphatic carboxylic acids is 1. The van der Waals surface area contributed by atoms with E-state index in [0.29, 0.717) is 0 Å². The second kappa shape index (κ2) is 4.65. The van der Waals surface area contributed by atoms with Gasteiger partial charge in [0.15, 0.2) is 0 Å². The van der Waals surface area contributed by atoms with Crippen molar-refractivity contribution in [3.63, 3.8) is 0 Å². The zero-order valence-corrected chi connectivity index (χ0v) is 9.17. The third-order valence-electron chi connectivity index (χ3n) is 3.13. The Balaban J connectivity index is 2.08. The normalized spacial score (nSPS) is 25.6. The molecule has 0 amide bonds. The molecule has 0 radical (unpaired) electrons. The number of nitrogens with zero attached hydrogens (tertiary/aromatic N) is 2. The van der Waals surface area contributed by atoms with Crippen molar-refractivity contribution in [2.45, 2.75) is 44.2 Å². The molecule has 2 unspecified atom stereocenters. The fraction of sp³-hybridized carbons (Fsp3) is 0.636. The molecule has 2 atom stereocenters. The highest BCUT2D eigenvalue weighted by atomic mass is 16.4. The summed E-state index contributed by atoms with van der Waals surface area (Å²) in [5.41, 5.74) is 6.79. The fourth-order valence-corrected chi connectivity index (χ4v) is 2.29. The Bertz CT molecular complexity index is 375. The van der Waals surface area contributed by atoms with Crippen LogP contribution in [0.15, 0.2) is 12.4 Å². The maximum atomic E-state index is 10.6. The van der Waals surface area contributed by atoms with E-state index in [9.17, 15) is 4.79 Å². The molecule has 5 nitrogen and oxygen atoms in total. The molecular weight excluding hydrogens is 206 g/mol. The highest BCUT2D eigenvalue weighted by molar-refractivity contribution is 5.69. The van der Waals surface area contributed by atoms with Crippen LogP contribution in [0.1, 0.15) is 37.3 Å². The van der Waals surface area contributed by atoms with Crippen LogP contribution in [0.2, 0.25) is 0 Å². The Hall–Kier alpha value is -1.36. The van der Waals surface area contributed by atoms with Crippen LogP contribution >= 0.6 is 0 Å². The minimum absolute atomic E-state index is 0.0297. The summed E-state index contributed by atoms with van der Waals surface area (Å²) in [5, 5.41) is 12.9. The Morgan fingerprint density at radius 3 is 3.00 bits per heavy atom. The molecule has 0 spiro atoms. The monoisotopic (exact) mass is 223 g/mol. The van der Waals surface area contributed by atoms with E-state index in [2.05, 4.69) is 5.10 Å². The minimum Gasteiger partial charge on any atom is -0.481 e. The van der Waals surface area contributed by atoms with Crippen molar-refractivity contribution in [3.05, 3.63) is 18.0 Å². The lowest BCUT2D eigenvalue weighted by Gasteiger charge is -2.28. The molecule has 3 N–H and O–H groups in total. The van der Waals surface area contributed by atoms with Gasteiger partial charge in [0.1, 0.15) is 0 Å². The summed E-state index contributed by atoms with van der Waals surface area (Å²) in [6, 6.07) is 0.377. The predicted molar refractivity (Wildman–Crippen MR) is 59.0 cm³/mol. The molecule has 1 aliphatic rings. The molecule has 1 heterocycles. The maximum absolute atomic E-state index is 10.6. The van der Waals surface area contributed by atoms with Crippen molar-refractivity contribution in [3.8, 4) is 0 Å². The first-order valence-corrected chi connectivity index (χ1v) is 5.67. The molecule has 88 valence electrons. The third kappa shape index (κ3) is 2.41. The van der Waals surface area contributed by atoms with E-state index >= 15 is 0 Å². The van der Waals surface area contributed by atoms with Crippen LogP contribution < -0.4 is 5.73 Å². The van der Waals surface area contributed by atoms with Crippen molar-refractivity contribution in [1.29, 1.82) is 0 Å². The maximum Gasteiger partial charge on any atom is 0.307 e. The van der Waals surface area contributed by atoms with Gasteiger partial charge < -0.3 is 10.8 Å². The highest BCUT2D eigenvalue weighted by Gasteiger charge is 2.23. The molecule has 16 heavy (non-hydrogen) atoms. The van der Waals surface area contributed by atoms with Gasteiger partial charge in [0, 0.05) is 17.8 Å². The third-order valence-corrected chi connectivity index (χ3v) is 3.13. The van der Waals surface area contributed by atoms with Crippen molar-refractivity contribution < 1.29 is 9.90 Å². The van der Waals surface area contributed by atoms with Gasteiger partial charge >= 0.3 is 5.97 Å². The molecule has 0 aliphatic heterocycles. The lowest BCUT2D eigenvalue weighted by atomic mass is 9.91. The van der Waals surface area contributed by atoms with E-state index in [4.69, 9.17) is 10.8 Å². The van der Waals surface area contributed by atoms with E-state index in [1.165, 1.54) is 12.8 Å². The SMILES string of the molecule is NC1CCCCC1n1cc(CC(=O)O)cn1. The smallest absolute Gasteiger partial charge is 0.307 e. The summed E-state index contributed by atoms with van der Waals surface area (Å²) in [4.78, 5) is 10.6. The summed E-state index contributed by atoms with van der Waals surface area (Å²) >= 11 is 0. The summed E-state index contributed by atoms with van der Waals surface area (Å²) in [7, 11) is 0. The van der Waals surface area contributed by atoms with E-state index in [1.54, 1.807) is 6.20 Å². The molecule has 0 bridgehead atoms. The first-order valence-electron chi connectivity index (χ1n) is 5.67. The van der Waals surface area contributed by atoms with E-state index in [0.717, 1.165) is 18.4 Å². The van der Waals surface area contributed by atoms with E-state index in [-0.39, 0.29) is 18.5 Å². The van der Waals surface area contributed by atoms with Gasteiger partial charge in [-0.1, -0.05) is 12.8 Å². The van der Waals surface area contributed by atoms with E-state index < -0.39 is 5.97 Å². The zero-order chi connectivity index (χ0) is 11.5. The van der Waals surface area contributed by atoms with Gasteiger partial charge in [0.2, 0.25) is 0 Å². The van der Waals surface area contributed by atoms with Gasteiger partial charge in [-0.15, -0.1) is 0 Å². The van der Waals surface area contributed by atoms with Crippen molar-refractivity contribution in [2.24, 2.45) is 5.73 Å². The van der Waals surface area contributed by atoms with E-state index in [1.807, 2.05) is 10.9 Å². The number of nitrogens with two attached hydrogens (primary N) is 1. The topological polar surface area (TPSA) is 81.1 Å². The average molecular weight is 223 g/mol. The van der Waals surface area contributed by atoms with Gasteiger partial charge in [-0.25, -0.2) is 0 Å². The second-order valence-corrected chi connectivity index (χ2v) is 4.41. The number of carboxylic acid groups (broad SMARTS) is 1. The van der Waals surface area contributed by atoms with Gasteiger partial charge in [-0.2, -0.15) is 5.10 Å². The molecule has 5 heteroatoms. The summed E-state index contributed by atoms with van der Waals surface area (Å²) < 4.78 is 1.84. The van der Waals surface area contributed by atoms with Crippen LogP contribution in [0.5, 0.6) is 0 Å². The number of carbonyl (C=O) groups is 1. The average Bonchev–Trinajstić information content (AvgIpc) is 2.66. The van der Waals surface area contributed by atoms with Crippen molar-refractivity contribution in [1.82, 2.24) is 9.78 Å². The van der Waals surface area contributed by atoms with Crippen molar-refractivity contribution >= 4 is 5.97 Å². The van der Waals surface area contributed by atoms with Gasteiger partial charge in [-0.05, 0) is 12.8 Å². The summed E-state index contributed by atoms with van der Waals surface area (Å²) in [6.07, 6.45) is 7.88. The molecule has 0 saturated heterocycles. The molecule has 2 rings (SSSR count). The highest BCUT2D eigenvalue weighted by Crippen LogP contribution is 2.26. The zero-order valence-electron chi connectivity index (χ0n) is 9.17. The molecule has 1 saturated carbocycles. The predicted octanol–water partition coefficient (Wildman–Crippen LogP) is 0.953. The molecular formula is C11H17N3O2. The number of aromatic nitrogens is 2. The van der Waals surface area contributed by atoms with Crippen molar-refractivity contribution in [2.75, 3.05) is 0 Å². The van der Waals surface area contributed by atoms with Crippen LogP contribution in [-0.2, 0) is 11.2 Å². The lowest BCUT2D eigenvalue weighted by Crippen LogP contribution is -2.35. The first kappa shape index (κ1) is 11.1. The van der Waals surface area contributed by atoms with Crippen LogP contribution in [-0.4, -0.2) is 26.9 Å². The number of rotatable bonds is 3. The van der Waals surface area contributed by atoms with Gasteiger partial charge in [-0.3, -0.25) is 9.48 Å². The second-order valence-electron chi connectivity index (χ2n) is 4.41. The fourth-order valence-electron chi connectivity index (χ4n) is 2.29. The standard InChI is InChI=1S/C11H17N3O2/c12-9-3-1-2-4-10(9)14-7-8(6-13-14)5-11(15)16/h6-7,9-10H,1-5,12H2,(H,15,16). The Labute approximate surface area is 94.2 Å². The van der Waals surface area contributed by atoms with Gasteiger partial charge in [0.25, 0.3) is 0 Å². The number of hydrogen-bond acceptors (Lipinski definition) is 3. The first-order chi connectivity index (χ1) is 7.66. The number of carboxylic acids is 1. The largest absolute Gasteiger partial charge is 0.481 e. The number of hydrogen-bond donors (Lipinski definition) is 2. The molecule has 0 aromatic carbocycles. The summed E-state index contributed by atoms with van der Waals surface area (Å²) in [5.74, 6) is -0.826. The molecule has 1 aromatic heterocycles. The summed E-state index contributed by atoms with van der Waals surface area (Å²) in [6.45, 7) is 0. The quantitative estimate of drug-likeness (QED) is 0.799. The molecule has 1 aromatic rings. The Morgan fingerprint density at radius 1 is 1.56 bits per heavy atom. The Morgan fingerprint density at radius 2 is 2.31 bits per heavy atom.